The van der Waals surface area contributed by atoms with E-state index in [1.807, 2.05) is 24.5 Å². The second kappa shape index (κ2) is 8.78. The van der Waals surface area contributed by atoms with E-state index in [1.54, 1.807) is 6.33 Å². The Morgan fingerprint density at radius 2 is 1.82 bits per heavy atom. The summed E-state index contributed by atoms with van der Waals surface area (Å²) in [7, 11) is 0. The summed E-state index contributed by atoms with van der Waals surface area (Å²) in [5.41, 5.74) is 5.21. The molecule has 0 bridgehead atoms. The molecule has 2 aromatic carbocycles. The van der Waals surface area contributed by atoms with Crippen molar-refractivity contribution in [3.05, 3.63) is 76.5 Å². The second-order valence-corrected chi connectivity index (χ2v) is 9.78. The molecular formula is C26H24IN5O. The van der Waals surface area contributed by atoms with Crippen molar-refractivity contribution in [2.75, 3.05) is 0 Å². The molecule has 7 heteroatoms. The largest absolute Gasteiger partial charge is 0.472 e. The topological polar surface area (TPSA) is 57.8 Å². The molecule has 0 N–H and O–H groups in total. The van der Waals surface area contributed by atoms with Gasteiger partial charge in [-0.3, -0.25) is 4.57 Å². The molecule has 0 atom stereocenters. The standard InChI is InChI=1S/C26H24IN5O/c27-21-14-31(25-24(21)26(29-16-28-25)33-15-18-7-3-1-4-8-18)20-11-12-23-22(13-20)30-17-32(23)19-9-5-2-6-10-19/h1,3-4,7-8,11-14,16-17,19H,2,5-6,9-10,15H2. The van der Waals surface area contributed by atoms with E-state index in [-0.39, 0.29) is 0 Å². The van der Waals surface area contributed by atoms with Gasteiger partial charge in [-0.25, -0.2) is 15.0 Å². The van der Waals surface area contributed by atoms with Gasteiger partial charge in [0.25, 0.3) is 0 Å². The van der Waals surface area contributed by atoms with Crippen LogP contribution in [0.4, 0.5) is 0 Å². The maximum Gasteiger partial charge on any atom is 0.227 e. The maximum absolute atomic E-state index is 6.09. The predicted molar refractivity (Wildman–Crippen MR) is 138 cm³/mol. The lowest BCUT2D eigenvalue weighted by atomic mass is 9.95. The molecule has 1 aliphatic carbocycles. The summed E-state index contributed by atoms with van der Waals surface area (Å²) >= 11 is 2.34. The van der Waals surface area contributed by atoms with Gasteiger partial charge in [-0.1, -0.05) is 49.6 Å². The molecule has 33 heavy (non-hydrogen) atoms. The molecule has 1 fully saturated rings. The third-order valence-corrected chi connectivity index (χ3v) is 7.34. The highest BCUT2D eigenvalue weighted by molar-refractivity contribution is 14.1. The molecule has 0 unspecified atom stereocenters. The summed E-state index contributed by atoms with van der Waals surface area (Å²) in [6.45, 7) is 0.471. The monoisotopic (exact) mass is 549 g/mol. The van der Waals surface area contributed by atoms with Crippen LogP contribution in [0.25, 0.3) is 27.8 Å². The van der Waals surface area contributed by atoms with E-state index in [2.05, 4.69) is 78.2 Å². The molecule has 0 saturated heterocycles. The van der Waals surface area contributed by atoms with Crippen LogP contribution in [0.3, 0.4) is 0 Å². The van der Waals surface area contributed by atoms with Crippen molar-refractivity contribution in [1.82, 2.24) is 24.1 Å². The first-order chi connectivity index (χ1) is 16.3. The fourth-order valence-corrected chi connectivity index (χ4v) is 5.59. The van der Waals surface area contributed by atoms with E-state index in [1.165, 1.54) is 37.6 Å². The zero-order valence-electron chi connectivity index (χ0n) is 18.2. The molecule has 0 amide bonds. The van der Waals surface area contributed by atoms with Crippen molar-refractivity contribution in [2.24, 2.45) is 0 Å². The number of fused-ring (bicyclic) bond motifs is 2. The van der Waals surface area contributed by atoms with Crippen LogP contribution in [-0.4, -0.2) is 24.1 Å². The van der Waals surface area contributed by atoms with Gasteiger partial charge < -0.3 is 9.30 Å². The van der Waals surface area contributed by atoms with Crippen molar-refractivity contribution < 1.29 is 4.74 Å². The summed E-state index contributed by atoms with van der Waals surface area (Å²) in [4.78, 5) is 13.8. The minimum absolute atomic E-state index is 0.471. The highest BCUT2D eigenvalue weighted by Gasteiger charge is 2.19. The van der Waals surface area contributed by atoms with E-state index < -0.39 is 0 Å². The molecular weight excluding hydrogens is 525 g/mol. The quantitative estimate of drug-likeness (QED) is 0.236. The fourth-order valence-electron chi connectivity index (χ4n) is 4.84. The number of halogens is 1. The summed E-state index contributed by atoms with van der Waals surface area (Å²) in [6.07, 6.45) is 12.1. The Morgan fingerprint density at radius 3 is 2.67 bits per heavy atom. The lowest BCUT2D eigenvalue weighted by Crippen LogP contribution is -2.11. The predicted octanol–water partition coefficient (Wildman–Crippen LogP) is 6.46. The highest BCUT2D eigenvalue weighted by atomic mass is 127. The summed E-state index contributed by atoms with van der Waals surface area (Å²) in [5.74, 6) is 0.606. The van der Waals surface area contributed by atoms with E-state index in [0.717, 1.165) is 31.4 Å². The van der Waals surface area contributed by atoms with Crippen LogP contribution < -0.4 is 4.74 Å². The van der Waals surface area contributed by atoms with Crippen LogP contribution >= 0.6 is 22.6 Å². The number of imidazole rings is 1. The van der Waals surface area contributed by atoms with Crippen molar-refractivity contribution >= 4 is 44.7 Å². The molecule has 0 radical (unpaired) electrons. The first-order valence-electron chi connectivity index (χ1n) is 11.4. The Morgan fingerprint density at radius 1 is 0.970 bits per heavy atom. The van der Waals surface area contributed by atoms with Gasteiger partial charge in [0.2, 0.25) is 5.88 Å². The van der Waals surface area contributed by atoms with Gasteiger partial charge in [-0.15, -0.1) is 0 Å². The molecule has 166 valence electrons. The fraction of sp³-hybridized carbons (Fsp3) is 0.269. The Labute approximate surface area is 205 Å². The van der Waals surface area contributed by atoms with Crippen LogP contribution in [0.15, 0.2) is 67.4 Å². The van der Waals surface area contributed by atoms with Gasteiger partial charge in [-0.05, 0) is 59.2 Å². The Balaban J connectivity index is 1.35. The van der Waals surface area contributed by atoms with E-state index >= 15 is 0 Å². The van der Waals surface area contributed by atoms with Crippen molar-refractivity contribution in [2.45, 2.75) is 44.8 Å². The van der Waals surface area contributed by atoms with Crippen LogP contribution in [0.2, 0.25) is 0 Å². The smallest absolute Gasteiger partial charge is 0.227 e. The first kappa shape index (κ1) is 20.7. The average molecular weight is 549 g/mol. The van der Waals surface area contributed by atoms with Gasteiger partial charge in [0.1, 0.15) is 12.9 Å². The molecule has 1 saturated carbocycles. The van der Waals surface area contributed by atoms with Crippen LogP contribution in [0.5, 0.6) is 5.88 Å². The molecule has 0 spiro atoms. The number of hydrogen-bond donors (Lipinski definition) is 0. The van der Waals surface area contributed by atoms with Crippen molar-refractivity contribution in [1.29, 1.82) is 0 Å². The third kappa shape index (κ3) is 3.88. The Hall–Kier alpha value is -2.94. The zero-order chi connectivity index (χ0) is 22.2. The van der Waals surface area contributed by atoms with Crippen LogP contribution in [-0.2, 0) is 6.61 Å². The van der Waals surface area contributed by atoms with Crippen LogP contribution in [0.1, 0.15) is 43.7 Å². The number of nitrogens with zero attached hydrogens (tertiary/aromatic N) is 5. The minimum Gasteiger partial charge on any atom is -0.472 e. The molecule has 1 aliphatic rings. The molecule has 6 nitrogen and oxygen atoms in total. The third-order valence-electron chi connectivity index (χ3n) is 6.52. The van der Waals surface area contributed by atoms with Gasteiger partial charge >= 0.3 is 0 Å². The molecule has 6 rings (SSSR count). The maximum atomic E-state index is 6.09. The molecule has 5 aromatic rings. The molecule has 3 aromatic heterocycles. The number of aromatic nitrogens is 5. The zero-order valence-corrected chi connectivity index (χ0v) is 20.4. The number of benzene rings is 2. The molecule has 0 aliphatic heterocycles. The van der Waals surface area contributed by atoms with Gasteiger partial charge in [0, 0.05) is 21.5 Å². The summed E-state index contributed by atoms with van der Waals surface area (Å²) in [6, 6.07) is 17.2. The second-order valence-electron chi connectivity index (χ2n) is 8.62. The van der Waals surface area contributed by atoms with E-state index in [0.29, 0.717) is 18.5 Å². The number of hydrogen-bond acceptors (Lipinski definition) is 4. The van der Waals surface area contributed by atoms with Gasteiger partial charge in [-0.2, -0.15) is 0 Å². The lowest BCUT2D eigenvalue weighted by Gasteiger charge is -2.23. The van der Waals surface area contributed by atoms with Crippen LogP contribution in [0, 0.1) is 3.57 Å². The highest BCUT2D eigenvalue weighted by Crippen LogP contribution is 2.34. The lowest BCUT2D eigenvalue weighted by molar-refractivity contribution is 0.297. The molecule has 3 heterocycles. The SMILES string of the molecule is Ic1cn(-c2ccc3c(c2)ncn3C2CCCCC2)c2ncnc(OCc3ccccc3)c12. The van der Waals surface area contributed by atoms with Gasteiger partial charge in [0.05, 0.1) is 22.7 Å². The number of rotatable bonds is 5. The Bertz CT molecular complexity index is 1420. The van der Waals surface area contributed by atoms with E-state index in [9.17, 15) is 0 Å². The van der Waals surface area contributed by atoms with E-state index in [4.69, 9.17) is 9.72 Å². The summed E-state index contributed by atoms with van der Waals surface area (Å²) < 4.78 is 11.6. The minimum atomic E-state index is 0.471. The normalized spacial score (nSPS) is 14.8. The summed E-state index contributed by atoms with van der Waals surface area (Å²) in [5, 5.41) is 0.932. The number of ether oxygens (including phenoxy) is 1. The van der Waals surface area contributed by atoms with Crippen molar-refractivity contribution in [3.63, 3.8) is 0 Å². The van der Waals surface area contributed by atoms with Gasteiger partial charge in [0.15, 0.2) is 5.65 Å². The Kier molecular flexibility index (Phi) is 5.49. The first-order valence-corrected chi connectivity index (χ1v) is 12.5. The average Bonchev–Trinajstić information content (AvgIpc) is 3.45. The van der Waals surface area contributed by atoms with Crippen molar-refractivity contribution in [3.8, 4) is 11.6 Å².